The van der Waals surface area contributed by atoms with Crippen LogP contribution in [0, 0.1) is 0 Å². The summed E-state index contributed by atoms with van der Waals surface area (Å²) in [5.74, 6) is -0.699. The normalized spacial score (nSPS) is 23.9. The number of benzene rings is 1. The fourth-order valence-electron chi connectivity index (χ4n) is 2.88. The highest BCUT2D eigenvalue weighted by Gasteiger charge is 2.33. The highest BCUT2D eigenvalue weighted by Crippen LogP contribution is 2.19. The summed E-state index contributed by atoms with van der Waals surface area (Å²) >= 11 is 0. The zero-order chi connectivity index (χ0) is 16.9. The molecule has 0 radical (unpaired) electrons. The van der Waals surface area contributed by atoms with E-state index in [0.717, 1.165) is 19.4 Å². The molecule has 2 atom stereocenters. The van der Waals surface area contributed by atoms with Gasteiger partial charge in [0.15, 0.2) is 6.04 Å². The molecule has 0 aromatic heterocycles. The van der Waals surface area contributed by atoms with E-state index in [-0.39, 0.29) is 25.2 Å². The quantitative estimate of drug-likeness (QED) is 0.869. The van der Waals surface area contributed by atoms with Gasteiger partial charge in [-0.25, -0.2) is 4.79 Å². The van der Waals surface area contributed by atoms with Crippen molar-refractivity contribution >= 4 is 11.9 Å². The molecular formula is C17H21NO6. The Morgan fingerprint density at radius 3 is 2.71 bits per heavy atom. The van der Waals surface area contributed by atoms with Gasteiger partial charge in [0.2, 0.25) is 0 Å². The van der Waals surface area contributed by atoms with Gasteiger partial charge in [0.1, 0.15) is 12.4 Å². The summed E-state index contributed by atoms with van der Waals surface area (Å²) in [5, 5.41) is 9.22. The summed E-state index contributed by atoms with van der Waals surface area (Å²) in [6.45, 7) is 1.92. The van der Waals surface area contributed by atoms with E-state index in [1.807, 2.05) is 0 Å². The zero-order valence-electron chi connectivity index (χ0n) is 13.3. The topological polar surface area (TPSA) is 85.3 Å². The molecule has 0 unspecified atom stereocenters. The highest BCUT2D eigenvalue weighted by molar-refractivity contribution is 5.96. The molecule has 2 aliphatic rings. The van der Waals surface area contributed by atoms with Gasteiger partial charge >= 0.3 is 5.97 Å². The van der Waals surface area contributed by atoms with Crippen molar-refractivity contribution < 1.29 is 28.9 Å². The molecule has 3 rings (SSSR count). The van der Waals surface area contributed by atoms with Crippen molar-refractivity contribution in [3.05, 3.63) is 29.8 Å². The molecule has 2 aliphatic heterocycles. The monoisotopic (exact) mass is 335 g/mol. The number of rotatable bonds is 5. The number of carboxylic acids is 1. The van der Waals surface area contributed by atoms with Gasteiger partial charge in [-0.3, -0.25) is 4.79 Å². The molecule has 130 valence electrons. The lowest BCUT2D eigenvalue weighted by Crippen LogP contribution is -2.52. The maximum absolute atomic E-state index is 12.5. The van der Waals surface area contributed by atoms with Gasteiger partial charge in [-0.2, -0.15) is 0 Å². The van der Waals surface area contributed by atoms with Gasteiger partial charge in [-0.1, -0.05) is 0 Å². The Balaban J connectivity index is 1.61. The number of ether oxygens (including phenoxy) is 3. The standard InChI is InChI=1S/C17H21NO6/c19-16(18-7-9-22-11-15(18)17(20)21)12-3-5-13(6-4-12)24-10-14-2-1-8-23-14/h3-6,14-15H,1-2,7-11H2,(H,20,21)/t14-,15+/m1/s1. The van der Waals surface area contributed by atoms with Crippen LogP contribution in [0.15, 0.2) is 24.3 Å². The molecule has 2 heterocycles. The molecule has 7 heteroatoms. The van der Waals surface area contributed by atoms with Crippen LogP contribution in [0.1, 0.15) is 23.2 Å². The number of morpholine rings is 1. The van der Waals surface area contributed by atoms with E-state index >= 15 is 0 Å². The van der Waals surface area contributed by atoms with Gasteiger partial charge in [0.05, 0.1) is 19.3 Å². The Morgan fingerprint density at radius 1 is 1.25 bits per heavy atom. The molecular weight excluding hydrogens is 314 g/mol. The molecule has 1 amide bonds. The van der Waals surface area contributed by atoms with Gasteiger partial charge in [-0.05, 0) is 37.1 Å². The molecule has 1 aromatic carbocycles. The average molecular weight is 335 g/mol. The van der Waals surface area contributed by atoms with E-state index in [1.54, 1.807) is 24.3 Å². The molecule has 0 spiro atoms. The minimum absolute atomic E-state index is 0.0175. The number of amides is 1. The van der Waals surface area contributed by atoms with E-state index in [9.17, 15) is 14.7 Å². The van der Waals surface area contributed by atoms with Crippen molar-refractivity contribution in [2.75, 3.05) is 33.0 Å². The molecule has 2 fully saturated rings. The van der Waals surface area contributed by atoms with Crippen LogP contribution in [-0.2, 0) is 14.3 Å². The van der Waals surface area contributed by atoms with Gasteiger partial charge in [0, 0.05) is 18.7 Å². The van der Waals surface area contributed by atoms with E-state index < -0.39 is 12.0 Å². The third kappa shape index (κ3) is 3.85. The summed E-state index contributed by atoms with van der Waals surface area (Å²) < 4.78 is 16.3. The Bertz CT molecular complexity index is 581. The zero-order valence-corrected chi connectivity index (χ0v) is 13.3. The first-order valence-electron chi connectivity index (χ1n) is 8.11. The summed E-state index contributed by atoms with van der Waals surface area (Å²) in [4.78, 5) is 25.1. The first-order valence-corrected chi connectivity index (χ1v) is 8.11. The van der Waals surface area contributed by atoms with Crippen LogP contribution in [0.4, 0.5) is 0 Å². The summed E-state index contributed by atoms with van der Waals surface area (Å²) in [5.41, 5.74) is 0.438. The van der Waals surface area contributed by atoms with Crippen molar-refractivity contribution in [3.8, 4) is 5.75 Å². The number of nitrogens with zero attached hydrogens (tertiary/aromatic N) is 1. The lowest BCUT2D eigenvalue weighted by atomic mass is 10.1. The van der Waals surface area contributed by atoms with Crippen LogP contribution >= 0.6 is 0 Å². The summed E-state index contributed by atoms with van der Waals surface area (Å²) in [7, 11) is 0. The third-order valence-corrected chi connectivity index (χ3v) is 4.24. The predicted molar refractivity (Wildman–Crippen MR) is 84.2 cm³/mol. The van der Waals surface area contributed by atoms with Crippen LogP contribution in [0.3, 0.4) is 0 Å². The first kappa shape index (κ1) is 16.7. The lowest BCUT2D eigenvalue weighted by molar-refractivity contribution is -0.147. The minimum atomic E-state index is -1.06. The minimum Gasteiger partial charge on any atom is -0.491 e. The Hall–Kier alpha value is -2.12. The number of carboxylic acid groups (broad SMARTS) is 1. The van der Waals surface area contributed by atoms with E-state index in [1.165, 1.54) is 4.90 Å². The van der Waals surface area contributed by atoms with E-state index in [2.05, 4.69) is 0 Å². The number of aliphatic carboxylic acids is 1. The number of carbonyl (C=O) groups excluding carboxylic acids is 1. The van der Waals surface area contributed by atoms with Gasteiger partial charge in [-0.15, -0.1) is 0 Å². The third-order valence-electron chi connectivity index (χ3n) is 4.24. The molecule has 0 saturated carbocycles. The molecule has 24 heavy (non-hydrogen) atoms. The second kappa shape index (κ2) is 7.63. The summed E-state index contributed by atoms with van der Waals surface area (Å²) in [6.07, 6.45) is 2.20. The second-order valence-corrected chi connectivity index (χ2v) is 5.90. The Kier molecular flexibility index (Phi) is 5.32. The number of hydrogen-bond acceptors (Lipinski definition) is 5. The number of carbonyl (C=O) groups is 2. The maximum Gasteiger partial charge on any atom is 0.328 e. The van der Waals surface area contributed by atoms with E-state index in [0.29, 0.717) is 24.5 Å². The molecule has 7 nitrogen and oxygen atoms in total. The average Bonchev–Trinajstić information content (AvgIpc) is 3.13. The van der Waals surface area contributed by atoms with Crippen LogP contribution in [0.5, 0.6) is 5.75 Å². The van der Waals surface area contributed by atoms with Crippen molar-refractivity contribution in [2.45, 2.75) is 25.0 Å². The predicted octanol–water partition coefficient (Wildman–Crippen LogP) is 1.17. The second-order valence-electron chi connectivity index (χ2n) is 5.90. The highest BCUT2D eigenvalue weighted by atomic mass is 16.5. The van der Waals surface area contributed by atoms with Crippen molar-refractivity contribution in [1.82, 2.24) is 4.90 Å². The van der Waals surface area contributed by atoms with E-state index in [4.69, 9.17) is 14.2 Å². The van der Waals surface area contributed by atoms with Crippen LogP contribution in [0.25, 0.3) is 0 Å². The van der Waals surface area contributed by atoms with Crippen molar-refractivity contribution in [3.63, 3.8) is 0 Å². The fraction of sp³-hybridized carbons (Fsp3) is 0.529. The molecule has 0 bridgehead atoms. The largest absolute Gasteiger partial charge is 0.491 e. The molecule has 0 aliphatic carbocycles. The maximum atomic E-state index is 12.5. The molecule has 1 N–H and O–H groups in total. The van der Waals surface area contributed by atoms with Crippen LogP contribution < -0.4 is 4.74 Å². The first-order chi connectivity index (χ1) is 11.6. The summed E-state index contributed by atoms with van der Waals surface area (Å²) in [6, 6.07) is 5.81. The Morgan fingerprint density at radius 2 is 2.04 bits per heavy atom. The molecule has 2 saturated heterocycles. The smallest absolute Gasteiger partial charge is 0.328 e. The van der Waals surface area contributed by atoms with Gasteiger partial charge in [0.25, 0.3) is 5.91 Å². The Labute approximate surface area is 140 Å². The SMILES string of the molecule is O=C(O)[C@@H]1COCCN1C(=O)c1ccc(OC[C@H]2CCCO2)cc1. The van der Waals surface area contributed by atoms with Gasteiger partial charge < -0.3 is 24.2 Å². The lowest BCUT2D eigenvalue weighted by Gasteiger charge is -2.32. The fourth-order valence-corrected chi connectivity index (χ4v) is 2.88. The van der Waals surface area contributed by atoms with Crippen molar-refractivity contribution in [2.24, 2.45) is 0 Å². The number of hydrogen-bond donors (Lipinski definition) is 1. The molecule has 1 aromatic rings. The van der Waals surface area contributed by atoms with Crippen LogP contribution in [0.2, 0.25) is 0 Å². The van der Waals surface area contributed by atoms with Crippen LogP contribution in [-0.4, -0.2) is 67.0 Å². The van der Waals surface area contributed by atoms with Crippen molar-refractivity contribution in [1.29, 1.82) is 0 Å².